The topological polar surface area (TPSA) is 76.6 Å². The third kappa shape index (κ3) is 4.38. The first kappa shape index (κ1) is 17.4. The van der Waals surface area contributed by atoms with Gasteiger partial charge in [0.15, 0.2) is 0 Å². The Morgan fingerprint density at radius 2 is 1.81 bits per heavy atom. The molecule has 1 aromatic heterocycles. The third-order valence-corrected chi connectivity index (χ3v) is 4.88. The minimum atomic E-state index is -0.183. The Hall–Kier alpha value is -3.06. The second-order valence-corrected chi connectivity index (χ2v) is 6.86. The Bertz CT molecular complexity index is 939. The van der Waals surface area contributed by atoms with Gasteiger partial charge in [-0.3, -0.25) is 4.79 Å². The van der Waals surface area contributed by atoms with Crippen molar-refractivity contribution >= 4 is 22.7 Å². The molecule has 0 bridgehead atoms. The second-order valence-electron chi connectivity index (χ2n) is 6.86. The number of aromatic nitrogens is 3. The Morgan fingerprint density at radius 3 is 2.63 bits per heavy atom. The van der Waals surface area contributed by atoms with Gasteiger partial charge in [0.05, 0.1) is 18.6 Å². The number of nitrogens with zero attached hydrogens (tertiary/aromatic N) is 4. The van der Waals surface area contributed by atoms with E-state index < -0.39 is 0 Å². The van der Waals surface area contributed by atoms with Crippen molar-refractivity contribution in [2.45, 2.75) is 25.9 Å². The minimum absolute atomic E-state index is 0.114. The van der Waals surface area contributed by atoms with Crippen LogP contribution in [0.15, 0.2) is 59.7 Å². The zero-order valence-electron chi connectivity index (χ0n) is 15.1. The van der Waals surface area contributed by atoms with Crippen LogP contribution in [0.25, 0.3) is 11.0 Å². The van der Waals surface area contributed by atoms with Gasteiger partial charge in [0.25, 0.3) is 5.91 Å². The van der Waals surface area contributed by atoms with Crippen LogP contribution in [0.3, 0.4) is 0 Å². The van der Waals surface area contributed by atoms with Gasteiger partial charge in [-0.1, -0.05) is 47.7 Å². The normalized spacial score (nSPS) is 17.0. The molecule has 0 saturated carbocycles. The second kappa shape index (κ2) is 8.09. The van der Waals surface area contributed by atoms with Crippen LogP contribution in [0, 0.1) is 0 Å². The van der Waals surface area contributed by atoms with E-state index in [1.807, 2.05) is 30.3 Å². The lowest BCUT2D eigenvalue weighted by atomic mass is 10.1. The Morgan fingerprint density at radius 1 is 1.07 bits per heavy atom. The lowest BCUT2D eigenvalue weighted by Gasteiger charge is -2.24. The molecule has 1 aliphatic heterocycles. The van der Waals surface area contributed by atoms with Crippen LogP contribution in [0.5, 0.6) is 0 Å². The average Bonchev–Trinajstić information content (AvgIpc) is 3.11. The van der Waals surface area contributed by atoms with E-state index in [4.69, 9.17) is 0 Å². The van der Waals surface area contributed by atoms with Crippen molar-refractivity contribution in [3.8, 4) is 0 Å². The molecule has 4 rings (SSSR count). The smallest absolute Gasteiger partial charge is 0.261 e. The number of quaternary nitrogens is 1. The molecule has 2 aromatic carbocycles. The van der Waals surface area contributed by atoms with Gasteiger partial charge in [-0.2, -0.15) is 5.10 Å². The lowest BCUT2D eigenvalue weighted by molar-refractivity contribution is -0.914. The highest BCUT2D eigenvalue weighted by molar-refractivity contribution is 5.87. The highest BCUT2D eigenvalue weighted by Crippen LogP contribution is 2.09. The number of carbonyl (C=O) groups excluding carboxylic acids is 1. The first-order valence-electron chi connectivity index (χ1n) is 9.28. The quantitative estimate of drug-likeness (QED) is 0.658. The Balaban J connectivity index is 1.27. The van der Waals surface area contributed by atoms with Crippen LogP contribution in [0.4, 0.5) is 0 Å². The number of carbonyl (C=O) groups is 1. The van der Waals surface area contributed by atoms with Crippen LogP contribution in [0.2, 0.25) is 0 Å². The predicted octanol–water partition coefficient (Wildman–Crippen LogP) is 0.782. The maximum absolute atomic E-state index is 12.2. The van der Waals surface area contributed by atoms with E-state index in [0.29, 0.717) is 0 Å². The first-order chi connectivity index (χ1) is 13.3. The van der Waals surface area contributed by atoms with Gasteiger partial charge in [0.1, 0.15) is 18.6 Å². The predicted molar refractivity (Wildman–Crippen MR) is 103 cm³/mol. The van der Waals surface area contributed by atoms with Crippen molar-refractivity contribution in [3.05, 3.63) is 60.2 Å². The summed E-state index contributed by atoms with van der Waals surface area (Å²) in [5.41, 5.74) is 6.72. The van der Waals surface area contributed by atoms with Crippen molar-refractivity contribution in [2.75, 3.05) is 13.1 Å². The SMILES string of the molecule is O=C(Cn1nnc2ccccc21)NN=C1CC[NH+](Cc2ccccc2)CC1. The molecule has 0 spiro atoms. The molecule has 3 aromatic rings. The van der Waals surface area contributed by atoms with E-state index in [1.54, 1.807) is 9.58 Å². The van der Waals surface area contributed by atoms with Gasteiger partial charge in [0, 0.05) is 24.1 Å². The van der Waals surface area contributed by atoms with Crippen LogP contribution in [-0.4, -0.2) is 39.7 Å². The molecule has 0 unspecified atom stereocenters. The largest absolute Gasteiger partial charge is 0.331 e. The van der Waals surface area contributed by atoms with Gasteiger partial charge in [-0.05, 0) is 12.1 Å². The zero-order valence-corrected chi connectivity index (χ0v) is 15.1. The number of likely N-dealkylation sites (tertiary alicyclic amines) is 1. The van der Waals surface area contributed by atoms with Crippen molar-refractivity contribution in [1.29, 1.82) is 0 Å². The van der Waals surface area contributed by atoms with Crippen molar-refractivity contribution in [2.24, 2.45) is 5.10 Å². The minimum Gasteiger partial charge on any atom is -0.331 e. The molecule has 1 amide bonds. The maximum Gasteiger partial charge on any atom is 0.261 e. The van der Waals surface area contributed by atoms with Crippen LogP contribution < -0.4 is 10.3 Å². The summed E-state index contributed by atoms with van der Waals surface area (Å²) in [7, 11) is 0. The molecule has 0 radical (unpaired) electrons. The fourth-order valence-corrected chi connectivity index (χ4v) is 3.41. The molecule has 0 aliphatic carbocycles. The molecule has 2 N–H and O–H groups in total. The third-order valence-electron chi connectivity index (χ3n) is 4.88. The van der Waals surface area contributed by atoms with Gasteiger partial charge in [-0.15, -0.1) is 5.10 Å². The highest BCUT2D eigenvalue weighted by atomic mass is 16.2. The molecule has 0 atom stereocenters. The monoisotopic (exact) mass is 363 g/mol. The van der Waals surface area contributed by atoms with E-state index in [0.717, 1.165) is 49.2 Å². The Labute approximate surface area is 157 Å². The molecule has 138 valence electrons. The van der Waals surface area contributed by atoms with E-state index >= 15 is 0 Å². The van der Waals surface area contributed by atoms with Gasteiger partial charge in [0.2, 0.25) is 0 Å². The van der Waals surface area contributed by atoms with E-state index in [1.165, 1.54) is 5.56 Å². The number of fused-ring (bicyclic) bond motifs is 1. The summed E-state index contributed by atoms with van der Waals surface area (Å²) in [5.74, 6) is -0.183. The van der Waals surface area contributed by atoms with E-state index in [2.05, 4.69) is 45.1 Å². The molecule has 7 heteroatoms. The number of amides is 1. The molecule has 1 saturated heterocycles. The van der Waals surface area contributed by atoms with Gasteiger partial charge in [-0.25, -0.2) is 10.1 Å². The molecular formula is C20H23N6O+. The number of para-hydroxylation sites is 1. The van der Waals surface area contributed by atoms with Crippen LogP contribution in [0.1, 0.15) is 18.4 Å². The molecule has 7 nitrogen and oxygen atoms in total. The fourth-order valence-electron chi connectivity index (χ4n) is 3.41. The van der Waals surface area contributed by atoms with Crippen LogP contribution >= 0.6 is 0 Å². The van der Waals surface area contributed by atoms with Crippen molar-refractivity contribution in [1.82, 2.24) is 20.4 Å². The fraction of sp³-hybridized carbons (Fsp3) is 0.300. The average molecular weight is 363 g/mol. The summed E-state index contributed by atoms with van der Waals surface area (Å²) in [4.78, 5) is 13.7. The van der Waals surface area contributed by atoms with Gasteiger partial charge >= 0.3 is 0 Å². The maximum atomic E-state index is 12.2. The first-order valence-corrected chi connectivity index (χ1v) is 9.28. The molecular weight excluding hydrogens is 340 g/mol. The number of rotatable bonds is 5. The number of hydrogen-bond acceptors (Lipinski definition) is 4. The van der Waals surface area contributed by atoms with E-state index in [9.17, 15) is 4.79 Å². The number of nitrogens with one attached hydrogen (secondary N) is 2. The number of piperidine rings is 1. The van der Waals surface area contributed by atoms with E-state index in [-0.39, 0.29) is 12.5 Å². The summed E-state index contributed by atoms with van der Waals surface area (Å²) in [6.07, 6.45) is 1.82. The van der Waals surface area contributed by atoms with Gasteiger partial charge < -0.3 is 4.90 Å². The lowest BCUT2D eigenvalue weighted by Crippen LogP contribution is -3.11. The highest BCUT2D eigenvalue weighted by Gasteiger charge is 2.19. The summed E-state index contributed by atoms with van der Waals surface area (Å²) in [5, 5.41) is 12.4. The summed E-state index contributed by atoms with van der Waals surface area (Å²) in [6.45, 7) is 3.23. The molecule has 1 aliphatic rings. The zero-order chi connectivity index (χ0) is 18.5. The summed E-state index contributed by atoms with van der Waals surface area (Å²) in [6, 6.07) is 18.1. The van der Waals surface area contributed by atoms with Crippen molar-refractivity contribution < 1.29 is 9.69 Å². The Kier molecular flexibility index (Phi) is 5.20. The number of hydrogen-bond donors (Lipinski definition) is 2. The number of benzene rings is 2. The summed E-state index contributed by atoms with van der Waals surface area (Å²) >= 11 is 0. The number of hydrazone groups is 1. The molecule has 2 heterocycles. The molecule has 1 fully saturated rings. The summed E-state index contributed by atoms with van der Waals surface area (Å²) < 4.78 is 1.59. The molecule has 27 heavy (non-hydrogen) atoms. The standard InChI is InChI=1S/C20H22N6O/c27-20(15-26-19-9-5-4-8-18(19)22-24-26)23-21-17-10-12-25(13-11-17)14-16-6-2-1-3-7-16/h1-9H,10-15H2,(H,23,27)/p+1. The van der Waals surface area contributed by atoms with Crippen LogP contribution in [-0.2, 0) is 17.9 Å². The van der Waals surface area contributed by atoms with Crippen molar-refractivity contribution in [3.63, 3.8) is 0 Å².